The van der Waals surface area contributed by atoms with Gasteiger partial charge in [-0.05, 0) is 50.3 Å². The molecule has 2 fully saturated rings. The molecule has 0 bridgehead atoms. The predicted molar refractivity (Wildman–Crippen MR) is 110 cm³/mol. The summed E-state index contributed by atoms with van der Waals surface area (Å²) in [6.45, 7) is 1.22. The number of carbonyl (C=O) groups is 1. The van der Waals surface area contributed by atoms with Gasteiger partial charge in [-0.15, -0.1) is 0 Å². The van der Waals surface area contributed by atoms with Gasteiger partial charge in [0.2, 0.25) is 5.88 Å². The van der Waals surface area contributed by atoms with E-state index in [2.05, 4.69) is 15.3 Å². The fourth-order valence-electron chi connectivity index (χ4n) is 3.91. The summed E-state index contributed by atoms with van der Waals surface area (Å²) in [4.78, 5) is 23.2. The quantitative estimate of drug-likeness (QED) is 0.778. The van der Waals surface area contributed by atoms with Crippen molar-refractivity contribution in [3.05, 3.63) is 47.2 Å². The molecule has 3 heterocycles. The molecule has 0 radical (unpaired) electrons. The van der Waals surface area contributed by atoms with E-state index in [4.69, 9.17) is 16.3 Å². The zero-order valence-electron chi connectivity index (χ0n) is 16.1. The summed E-state index contributed by atoms with van der Waals surface area (Å²) in [5.41, 5.74) is 0.562. The summed E-state index contributed by atoms with van der Waals surface area (Å²) in [6.07, 6.45) is 7.08. The lowest BCUT2D eigenvalue weighted by Crippen LogP contribution is -2.44. The highest BCUT2D eigenvalue weighted by Crippen LogP contribution is 2.23. The smallest absolute Gasteiger partial charge is 0.255 e. The number of aliphatic hydroxyl groups excluding tert-OH is 1. The van der Waals surface area contributed by atoms with Gasteiger partial charge < -0.3 is 20.1 Å². The SMILES string of the molecule is O=C(c1ccc(N[C@H]2CC[C@@H](O)C2)nc1)N1CCCC(Oc2ccc(Cl)cn2)C1. The third-order valence-electron chi connectivity index (χ3n) is 5.42. The van der Waals surface area contributed by atoms with Gasteiger partial charge in [0.1, 0.15) is 11.9 Å². The number of likely N-dealkylation sites (tertiary alicyclic amines) is 1. The Morgan fingerprint density at radius 1 is 1.17 bits per heavy atom. The molecule has 2 aliphatic rings. The van der Waals surface area contributed by atoms with Crippen molar-refractivity contribution in [3.8, 4) is 5.88 Å². The van der Waals surface area contributed by atoms with E-state index >= 15 is 0 Å². The maximum atomic E-state index is 12.9. The lowest BCUT2D eigenvalue weighted by molar-refractivity contribution is 0.0527. The molecule has 8 heteroatoms. The van der Waals surface area contributed by atoms with Crippen LogP contribution in [0, 0.1) is 0 Å². The molecule has 154 valence electrons. The van der Waals surface area contributed by atoms with Crippen LogP contribution in [0.3, 0.4) is 0 Å². The number of aromatic nitrogens is 2. The molecule has 1 saturated carbocycles. The Kier molecular flexibility index (Phi) is 6.16. The largest absolute Gasteiger partial charge is 0.472 e. The average Bonchev–Trinajstić information content (AvgIpc) is 3.14. The Labute approximate surface area is 175 Å². The standard InChI is InChI=1S/C21H25ClN4O3/c22-15-4-8-20(24-12-15)29-18-2-1-9-26(13-18)21(28)14-3-7-19(23-11-14)25-16-5-6-17(27)10-16/h3-4,7-8,11-12,16-18,27H,1-2,5-6,9-10,13H2,(H,23,25)/t16-,17+,18?/m0/s1. The maximum Gasteiger partial charge on any atom is 0.255 e. The van der Waals surface area contributed by atoms with E-state index in [0.717, 1.165) is 37.9 Å². The van der Waals surface area contributed by atoms with Crippen LogP contribution in [0.2, 0.25) is 5.02 Å². The second-order valence-electron chi connectivity index (χ2n) is 7.69. The van der Waals surface area contributed by atoms with Crippen molar-refractivity contribution in [2.24, 2.45) is 0 Å². The summed E-state index contributed by atoms with van der Waals surface area (Å²) in [5, 5.41) is 13.5. The van der Waals surface area contributed by atoms with Crippen LogP contribution < -0.4 is 10.1 Å². The number of amides is 1. The van der Waals surface area contributed by atoms with Crippen LogP contribution in [-0.2, 0) is 0 Å². The first-order valence-corrected chi connectivity index (χ1v) is 10.4. The predicted octanol–water partition coefficient (Wildman–Crippen LogP) is 3.14. The van der Waals surface area contributed by atoms with Crippen molar-refractivity contribution < 1.29 is 14.6 Å². The minimum atomic E-state index is -0.231. The highest BCUT2D eigenvalue weighted by Gasteiger charge is 2.27. The third kappa shape index (κ3) is 5.16. The molecule has 0 spiro atoms. The van der Waals surface area contributed by atoms with Crippen molar-refractivity contribution in [1.29, 1.82) is 0 Å². The zero-order valence-corrected chi connectivity index (χ0v) is 16.9. The Bertz CT molecular complexity index is 831. The summed E-state index contributed by atoms with van der Waals surface area (Å²) in [7, 11) is 0. The van der Waals surface area contributed by atoms with Crippen molar-refractivity contribution >= 4 is 23.3 Å². The second-order valence-corrected chi connectivity index (χ2v) is 8.12. The van der Waals surface area contributed by atoms with Crippen molar-refractivity contribution in [1.82, 2.24) is 14.9 Å². The van der Waals surface area contributed by atoms with Crippen LogP contribution in [-0.4, -0.2) is 57.2 Å². The summed E-state index contributed by atoms with van der Waals surface area (Å²) in [5.74, 6) is 1.20. The van der Waals surface area contributed by atoms with Crippen molar-refractivity contribution in [3.63, 3.8) is 0 Å². The maximum absolute atomic E-state index is 12.9. The first kappa shape index (κ1) is 19.9. The van der Waals surface area contributed by atoms with Crippen molar-refractivity contribution in [2.45, 2.75) is 50.4 Å². The first-order valence-electron chi connectivity index (χ1n) is 10.0. The van der Waals surface area contributed by atoms with Crippen molar-refractivity contribution in [2.75, 3.05) is 18.4 Å². The third-order valence-corrected chi connectivity index (χ3v) is 5.64. The molecule has 29 heavy (non-hydrogen) atoms. The number of pyridine rings is 2. The molecule has 1 aliphatic carbocycles. The molecule has 2 aromatic heterocycles. The van der Waals surface area contributed by atoms with Gasteiger partial charge in [0, 0.05) is 31.0 Å². The number of hydrogen-bond donors (Lipinski definition) is 2. The number of anilines is 1. The number of nitrogens with zero attached hydrogens (tertiary/aromatic N) is 3. The minimum Gasteiger partial charge on any atom is -0.472 e. The van der Waals surface area contributed by atoms with Crippen LogP contribution in [0.4, 0.5) is 5.82 Å². The Hall–Kier alpha value is -2.38. The number of piperidine rings is 1. The summed E-state index contributed by atoms with van der Waals surface area (Å²) in [6, 6.07) is 7.34. The van der Waals surface area contributed by atoms with E-state index in [1.165, 1.54) is 0 Å². The lowest BCUT2D eigenvalue weighted by Gasteiger charge is -2.32. The fourth-order valence-corrected chi connectivity index (χ4v) is 4.02. The molecule has 2 aromatic rings. The molecule has 7 nitrogen and oxygen atoms in total. The van der Waals surface area contributed by atoms with Gasteiger partial charge >= 0.3 is 0 Å². The van der Waals surface area contributed by atoms with Gasteiger partial charge in [-0.1, -0.05) is 11.6 Å². The molecule has 1 saturated heterocycles. The summed E-state index contributed by atoms with van der Waals surface area (Å²) >= 11 is 5.86. The van der Waals surface area contributed by atoms with E-state index in [-0.39, 0.29) is 24.2 Å². The van der Waals surface area contributed by atoms with Crippen LogP contribution in [0.5, 0.6) is 5.88 Å². The number of hydrogen-bond acceptors (Lipinski definition) is 6. The highest BCUT2D eigenvalue weighted by atomic mass is 35.5. The number of rotatable bonds is 5. The normalized spacial score (nSPS) is 24.3. The van der Waals surface area contributed by atoms with E-state index in [0.29, 0.717) is 29.6 Å². The molecule has 1 aliphatic heterocycles. The first-order chi connectivity index (χ1) is 14.1. The van der Waals surface area contributed by atoms with Crippen LogP contribution in [0.15, 0.2) is 36.7 Å². The van der Waals surface area contributed by atoms with Gasteiger partial charge in [0.05, 0.1) is 23.2 Å². The summed E-state index contributed by atoms with van der Waals surface area (Å²) < 4.78 is 5.92. The molecular weight excluding hydrogens is 392 g/mol. The molecule has 3 atom stereocenters. The number of aliphatic hydroxyl groups is 1. The number of nitrogens with one attached hydrogen (secondary N) is 1. The average molecular weight is 417 g/mol. The molecule has 1 unspecified atom stereocenters. The Morgan fingerprint density at radius 2 is 2.07 bits per heavy atom. The van der Waals surface area contributed by atoms with Crippen LogP contribution in [0.1, 0.15) is 42.5 Å². The van der Waals surface area contributed by atoms with Gasteiger partial charge in [0.25, 0.3) is 5.91 Å². The second kappa shape index (κ2) is 8.97. The van der Waals surface area contributed by atoms with Gasteiger partial charge in [-0.25, -0.2) is 9.97 Å². The lowest BCUT2D eigenvalue weighted by atomic mass is 10.1. The molecule has 1 amide bonds. The molecular formula is C21H25ClN4O3. The van der Waals surface area contributed by atoms with Crippen LogP contribution >= 0.6 is 11.6 Å². The van der Waals surface area contributed by atoms with Gasteiger partial charge in [-0.2, -0.15) is 0 Å². The highest BCUT2D eigenvalue weighted by molar-refractivity contribution is 6.30. The van der Waals surface area contributed by atoms with Gasteiger partial charge in [0.15, 0.2) is 0 Å². The van der Waals surface area contributed by atoms with E-state index in [1.807, 2.05) is 11.0 Å². The molecule has 0 aromatic carbocycles. The van der Waals surface area contributed by atoms with E-state index in [9.17, 15) is 9.90 Å². The molecule has 4 rings (SSSR count). The van der Waals surface area contributed by atoms with Crippen LogP contribution in [0.25, 0.3) is 0 Å². The van der Waals surface area contributed by atoms with Gasteiger partial charge in [-0.3, -0.25) is 4.79 Å². The molecule has 2 N–H and O–H groups in total. The number of carbonyl (C=O) groups excluding carboxylic acids is 1. The minimum absolute atomic E-state index is 0.0438. The number of ether oxygens (including phenoxy) is 1. The zero-order chi connectivity index (χ0) is 20.2. The Morgan fingerprint density at radius 3 is 2.76 bits per heavy atom. The van der Waals surface area contributed by atoms with E-state index < -0.39 is 0 Å². The Balaban J connectivity index is 1.33. The number of halogens is 1. The topological polar surface area (TPSA) is 87.6 Å². The monoisotopic (exact) mass is 416 g/mol. The fraction of sp³-hybridized carbons (Fsp3) is 0.476. The van der Waals surface area contributed by atoms with E-state index in [1.54, 1.807) is 30.6 Å².